The highest BCUT2D eigenvalue weighted by Crippen LogP contribution is 2.22. The van der Waals surface area contributed by atoms with E-state index < -0.39 is 18.9 Å². The van der Waals surface area contributed by atoms with Crippen LogP contribution < -0.4 is 0 Å². The maximum absolute atomic E-state index is 11.8. The van der Waals surface area contributed by atoms with Crippen molar-refractivity contribution in [3.05, 3.63) is 29.8 Å². The van der Waals surface area contributed by atoms with E-state index in [0.717, 1.165) is 10.5 Å². The van der Waals surface area contributed by atoms with Gasteiger partial charge in [0.1, 0.15) is 6.61 Å². The predicted molar refractivity (Wildman–Crippen MR) is 64.7 cm³/mol. The molecular formula is C12H15F3O2S. The minimum absolute atomic E-state index is 0.0447. The molecular weight excluding hydrogens is 265 g/mol. The SMILES string of the molecule is CC(O)c1cccc(SCCOCC(F)(F)F)c1. The van der Waals surface area contributed by atoms with Crippen LogP contribution in [0.5, 0.6) is 0 Å². The lowest BCUT2D eigenvalue weighted by Crippen LogP contribution is -2.17. The molecule has 0 aliphatic carbocycles. The minimum Gasteiger partial charge on any atom is -0.389 e. The molecule has 1 rings (SSSR count). The van der Waals surface area contributed by atoms with E-state index in [0.29, 0.717) is 5.75 Å². The van der Waals surface area contributed by atoms with Crippen LogP contribution in [0.3, 0.4) is 0 Å². The first kappa shape index (κ1) is 15.3. The Kier molecular flexibility index (Phi) is 5.98. The number of benzene rings is 1. The summed E-state index contributed by atoms with van der Waals surface area (Å²) in [6.45, 7) is 0.501. The summed E-state index contributed by atoms with van der Waals surface area (Å²) in [4.78, 5) is 0.906. The lowest BCUT2D eigenvalue weighted by molar-refractivity contribution is -0.172. The standard InChI is InChI=1S/C12H15F3O2S/c1-9(16)10-3-2-4-11(7-10)18-6-5-17-8-12(13,14)15/h2-4,7,9,16H,5-6,8H2,1H3. The number of aliphatic hydroxyl groups is 1. The average molecular weight is 280 g/mol. The highest BCUT2D eigenvalue weighted by molar-refractivity contribution is 7.99. The molecule has 0 bridgehead atoms. The summed E-state index contributed by atoms with van der Waals surface area (Å²) in [6.07, 6.45) is -4.82. The maximum Gasteiger partial charge on any atom is 0.411 e. The Hall–Kier alpha value is -0.720. The number of aliphatic hydroxyl groups excluding tert-OH is 1. The molecule has 0 saturated heterocycles. The molecule has 0 aliphatic heterocycles. The Labute approximate surface area is 108 Å². The summed E-state index contributed by atoms with van der Waals surface area (Å²) in [6, 6.07) is 7.27. The summed E-state index contributed by atoms with van der Waals surface area (Å²) < 4.78 is 39.9. The molecule has 1 unspecified atom stereocenters. The molecule has 18 heavy (non-hydrogen) atoms. The first-order valence-electron chi connectivity index (χ1n) is 5.44. The number of hydrogen-bond acceptors (Lipinski definition) is 3. The van der Waals surface area contributed by atoms with Gasteiger partial charge in [0, 0.05) is 10.6 Å². The van der Waals surface area contributed by atoms with E-state index in [9.17, 15) is 18.3 Å². The Balaban J connectivity index is 2.29. The number of ether oxygens (including phenoxy) is 1. The van der Waals surface area contributed by atoms with Gasteiger partial charge in [-0.15, -0.1) is 11.8 Å². The van der Waals surface area contributed by atoms with Gasteiger partial charge in [0.25, 0.3) is 0 Å². The van der Waals surface area contributed by atoms with Crippen molar-refractivity contribution < 1.29 is 23.0 Å². The maximum atomic E-state index is 11.8. The third-order valence-corrected chi connectivity index (χ3v) is 3.06. The molecule has 0 aromatic heterocycles. The zero-order valence-corrected chi connectivity index (χ0v) is 10.7. The van der Waals surface area contributed by atoms with Crippen LogP contribution in [0.25, 0.3) is 0 Å². The van der Waals surface area contributed by atoms with Gasteiger partial charge < -0.3 is 9.84 Å². The Morgan fingerprint density at radius 2 is 2.11 bits per heavy atom. The lowest BCUT2D eigenvalue weighted by Gasteiger charge is -2.09. The number of thioether (sulfide) groups is 1. The number of hydrogen-bond donors (Lipinski definition) is 1. The van der Waals surface area contributed by atoms with Crippen molar-refractivity contribution in [1.29, 1.82) is 0 Å². The van der Waals surface area contributed by atoms with E-state index >= 15 is 0 Å². The van der Waals surface area contributed by atoms with Crippen LogP contribution in [0.4, 0.5) is 13.2 Å². The molecule has 0 saturated carbocycles. The third-order valence-electron chi connectivity index (χ3n) is 2.10. The molecule has 0 amide bonds. The van der Waals surface area contributed by atoms with Gasteiger partial charge in [-0.2, -0.15) is 13.2 Å². The molecule has 1 aromatic rings. The first-order valence-corrected chi connectivity index (χ1v) is 6.42. The van der Waals surface area contributed by atoms with Gasteiger partial charge in [0.15, 0.2) is 0 Å². The molecule has 0 aliphatic rings. The fourth-order valence-electron chi connectivity index (χ4n) is 1.27. The van der Waals surface area contributed by atoms with Crippen molar-refractivity contribution in [3.63, 3.8) is 0 Å². The van der Waals surface area contributed by atoms with Crippen molar-refractivity contribution in [2.45, 2.75) is 24.1 Å². The molecule has 1 N–H and O–H groups in total. The second-order valence-corrected chi connectivity index (χ2v) is 4.93. The van der Waals surface area contributed by atoms with Gasteiger partial charge in [-0.3, -0.25) is 0 Å². The molecule has 0 heterocycles. The predicted octanol–water partition coefficient (Wildman–Crippen LogP) is 3.41. The van der Waals surface area contributed by atoms with Crippen LogP contribution in [0.2, 0.25) is 0 Å². The highest BCUT2D eigenvalue weighted by Gasteiger charge is 2.27. The van der Waals surface area contributed by atoms with Gasteiger partial charge in [-0.05, 0) is 24.6 Å². The van der Waals surface area contributed by atoms with Crippen LogP contribution in [0, 0.1) is 0 Å². The molecule has 0 radical (unpaired) electrons. The van der Waals surface area contributed by atoms with Crippen LogP contribution in [0.15, 0.2) is 29.2 Å². The van der Waals surface area contributed by atoms with Crippen molar-refractivity contribution in [2.75, 3.05) is 19.0 Å². The fourth-order valence-corrected chi connectivity index (χ4v) is 2.10. The normalized spacial score (nSPS) is 13.6. The van der Waals surface area contributed by atoms with Crippen molar-refractivity contribution >= 4 is 11.8 Å². The average Bonchev–Trinajstić information content (AvgIpc) is 2.27. The van der Waals surface area contributed by atoms with Crippen molar-refractivity contribution in [2.24, 2.45) is 0 Å². The number of alkyl halides is 3. The zero-order chi connectivity index (χ0) is 13.6. The van der Waals surface area contributed by atoms with Gasteiger partial charge in [-0.25, -0.2) is 0 Å². The van der Waals surface area contributed by atoms with E-state index in [-0.39, 0.29) is 6.61 Å². The Morgan fingerprint density at radius 1 is 1.39 bits per heavy atom. The molecule has 1 aromatic carbocycles. The molecule has 102 valence electrons. The largest absolute Gasteiger partial charge is 0.411 e. The van der Waals surface area contributed by atoms with Crippen LogP contribution in [-0.4, -0.2) is 30.2 Å². The second-order valence-electron chi connectivity index (χ2n) is 3.76. The summed E-state index contributed by atoms with van der Waals surface area (Å²) in [7, 11) is 0. The van der Waals surface area contributed by atoms with Gasteiger partial charge in [-0.1, -0.05) is 12.1 Å². The van der Waals surface area contributed by atoms with Crippen LogP contribution in [-0.2, 0) is 4.74 Å². The van der Waals surface area contributed by atoms with Crippen LogP contribution in [0.1, 0.15) is 18.6 Å². The van der Waals surface area contributed by atoms with Gasteiger partial charge in [0.2, 0.25) is 0 Å². The summed E-state index contributed by atoms with van der Waals surface area (Å²) in [5, 5.41) is 9.39. The second kappa shape index (κ2) is 7.01. The fraction of sp³-hybridized carbons (Fsp3) is 0.500. The molecule has 0 spiro atoms. The summed E-state index contributed by atoms with van der Waals surface area (Å²) in [5.74, 6) is 0.444. The molecule has 2 nitrogen and oxygen atoms in total. The zero-order valence-electron chi connectivity index (χ0n) is 9.91. The quantitative estimate of drug-likeness (QED) is 0.639. The topological polar surface area (TPSA) is 29.5 Å². The number of halogens is 3. The van der Waals surface area contributed by atoms with E-state index in [1.165, 1.54) is 11.8 Å². The molecule has 0 fully saturated rings. The molecule has 6 heteroatoms. The van der Waals surface area contributed by atoms with Crippen molar-refractivity contribution in [3.8, 4) is 0 Å². The molecule has 1 atom stereocenters. The third kappa shape index (κ3) is 6.28. The van der Waals surface area contributed by atoms with E-state index in [1.54, 1.807) is 19.1 Å². The summed E-state index contributed by atoms with van der Waals surface area (Å²) >= 11 is 1.40. The Bertz CT molecular complexity index is 367. The van der Waals surface area contributed by atoms with Gasteiger partial charge in [0.05, 0.1) is 12.7 Å². The van der Waals surface area contributed by atoms with E-state index in [2.05, 4.69) is 4.74 Å². The number of rotatable bonds is 6. The smallest absolute Gasteiger partial charge is 0.389 e. The highest BCUT2D eigenvalue weighted by atomic mass is 32.2. The van der Waals surface area contributed by atoms with Gasteiger partial charge >= 0.3 is 6.18 Å². The van der Waals surface area contributed by atoms with Crippen molar-refractivity contribution in [1.82, 2.24) is 0 Å². The minimum atomic E-state index is -4.27. The van der Waals surface area contributed by atoms with E-state index in [1.807, 2.05) is 12.1 Å². The summed E-state index contributed by atoms with van der Waals surface area (Å²) in [5.41, 5.74) is 0.788. The monoisotopic (exact) mass is 280 g/mol. The lowest BCUT2D eigenvalue weighted by atomic mass is 10.1. The van der Waals surface area contributed by atoms with E-state index in [4.69, 9.17) is 0 Å². The van der Waals surface area contributed by atoms with Crippen LogP contribution >= 0.6 is 11.8 Å². The first-order chi connectivity index (χ1) is 8.38. The Morgan fingerprint density at radius 3 is 2.72 bits per heavy atom.